The lowest BCUT2D eigenvalue weighted by atomic mass is 10.0. The predicted octanol–water partition coefficient (Wildman–Crippen LogP) is 5.70. The summed E-state index contributed by atoms with van der Waals surface area (Å²) in [6, 6.07) is 14.3. The molecule has 11 heteroatoms. The molecule has 43 heavy (non-hydrogen) atoms. The number of aromatic nitrogens is 6. The quantitative estimate of drug-likeness (QED) is 0.152. The Balaban J connectivity index is 1.35. The summed E-state index contributed by atoms with van der Waals surface area (Å²) in [5.74, 6) is 0.699. The molecule has 0 saturated carbocycles. The number of rotatable bonds is 10. The number of halogens is 1. The Kier molecular flexibility index (Phi) is 7.75. The molecular formula is C32H33FN8O2. The zero-order valence-corrected chi connectivity index (χ0v) is 24.4. The van der Waals surface area contributed by atoms with Gasteiger partial charge in [0, 0.05) is 35.3 Å². The summed E-state index contributed by atoms with van der Waals surface area (Å²) < 4.78 is 20.5. The van der Waals surface area contributed by atoms with Crippen LogP contribution in [-0.2, 0) is 0 Å². The predicted molar refractivity (Wildman–Crippen MR) is 166 cm³/mol. The van der Waals surface area contributed by atoms with Crippen molar-refractivity contribution in [3.8, 4) is 39.7 Å². The third kappa shape index (κ3) is 6.04. The topological polar surface area (TPSA) is 128 Å². The van der Waals surface area contributed by atoms with E-state index in [1.165, 1.54) is 12.1 Å². The number of aliphatic hydroxyl groups excluding tert-OH is 1. The third-order valence-corrected chi connectivity index (χ3v) is 7.15. The molecule has 220 valence electrons. The summed E-state index contributed by atoms with van der Waals surface area (Å²) >= 11 is 0. The molecule has 6 rings (SSSR count). The second-order valence-corrected chi connectivity index (χ2v) is 11.1. The molecule has 10 nitrogen and oxygen atoms in total. The number of benzene rings is 2. The van der Waals surface area contributed by atoms with E-state index < -0.39 is 6.23 Å². The number of nitrogens with zero attached hydrogens (tertiary/aromatic N) is 5. The van der Waals surface area contributed by atoms with Gasteiger partial charge in [-0.25, -0.2) is 9.37 Å². The van der Waals surface area contributed by atoms with Crippen LogP contribution in [0.25, 0.3) is 55.8 Å². The fraction of sp³-hybridized carbons (Fsp3) is 0.250. The average molecular weight is 581 g/mol. The van der Waals surface area contributed by atoms with Crippen LogP contribution in [0.4, 0.5) is 10.1 Å². The molecule has 0 radical (unpaired) electrons. The molecule has 4 heterocycles. The van der Waals surface area contributed by atoms with Crippen LogP contribution >= 0.6 is 0 Å². The SMILES string of the molecule is CC(C)C(O)Nc1cncc(-c2cc3c(-c4nc5c(-c6cc(F)cc(OCCN(C)C)c6)cccc5[nH]4)n[nH]c3cn2)c1. The van der Waals surface area contributed by atoms with E-state index in [1.807, 2.05) is 69.2 Å². The van der Waals surface area contributed by atoms with Crippen LogP contribution in [0.5, 0.6) is 5.75 Å². The Morgan fingerprint density at radius 1 is 1.02 bits per heavy atom. The van der Waals surface area contributed by atoms with Crippen molar-refractivity contribution in [1.29, 1.82) is 0 Å². The summed E-state index contributed by atoms with van der Waals surface area (Å²) in [7, 11) is 3.92. The molecule has 0 spiro atoms. The number of likely N-dealkylation sites (N-methyl/N-ethyl adjacent to an activating group) is 1. The highest BCUT2D eigenvalue weighted by molar-refractivity contribution is 5.98. The zero-order chi connectivity index (χ0) is 30.1. The van der Waals surface area contributed by atoms with E-state index in [0.29, 0.717) is 46.3 Å². The number of anilines is 1. The van der Waals surface area contributed by atoms with Gasteiger partial charge in [-0.05, 0) is 55.9 Å². The molecule has 0 aliphatic heterocycles. The standard InChI is InChI=1S/C32H33FN8O2/c1-18(2)32(42)36-22-11-20(15-34-16-22)27-14-25-28(17-35-27)39-40-30(25)31-37-26-7-5-6-24(29(26)38-31)19-10-21(33)13-23(12-19)43-9-8-41(3)4/h5-7,10-18,32,36,42H,8-9H2,1-4H3,(H,37,38)(H,39,40). The van der Waals surface area contributed by atoms with E-state index in [2.05, 4.69) is 30.5 Å². The van der Waals surface area contributed by atoms with E-state index >= 15 is 0 Å². The number of H-pyrrole nitrogens is 2. The van der Waals surface area contributed by atoms with Gasteiger partial charge < -0.3 is 25.0 Å². The highest BCUT2D eigenvalue weighted by Gasteiger charge is 2.17. The second-order valence-electron chi connectivity index (χ2n) is 11.1. The molecule has 0 amide bonds. The van der Waals surface area contributed by atoms with Crippen LogP contribution in [0.15, 0.2) is 67.1 Å². The molecule has 0 fully saturated rings. The minimum absolute atomic E-state index is 0.0420. The normalized spacial score (nSPS) is 12.5. The van der Waals surface area contributed by atoms with Crippen LogP contribution in [0.3, 0.4) is 0 Å². The monoisotopic (exact) mass is 580 g/mol. The second kappa shape index (κ2) is 11.8. The van der Waals surface area contributed by atoms with Crippen molar-refractivity contribution in [2.75, 3.05) is 32.6 Å². The number of hydrogen-bond acceptors (Lipinski definition) is 8. The van der Waals surface area contributed by atoms with E-state index in [-0.39, 0.29) is 11.7 Å². The van der Waals surface area contributed by atoms with Crippen molar-refractivity contribution in [3.63, 3.8) is 0 Å². The van der Waals surface area contributed by atoms with Crippen molar-refractivity contribution in [1.82, 2.24) is 35.0 Å². The van der Waals surface area contributed by atoms with Gasteiger partial charge in [0.25, 0.3) is 0 Å². The fourth-order valence-corrected chi connectivity index (χ4v) is 4.78. The van der Waals surface area contributed by atoms with Crippen molar-refractivity contribution < 1.29 is 14.2 Å². The van der Waals surface area contributed by atoms with E-state index in [1.54, 1.807) is 18.6 Å². The maximum absolute atomic E-state index is 14.6. The van der Waals surface area contributed by atoms with Gasteiger partial charge in [0.2, 0.25) is 0 Å². The summed E-state index contributed by atoms with van der Waals surface area (Å²) in [5.41, 5.74) is 6.50. The molecule has 4 aromatic heterocycles. The van der Waals surface area contributed by atoms with Gasteiger partial charge in [-0.2, -0.15) is 5.10 Å². The maximum atomic E-state index is 14.6. The molecule has 1 unspecified atom stereocenters. The van der Waals surface area contributed by atoms with Crippen LogP contribution < -0.4 is 10.1 Å². The van der Waals surface area contributed by atoms with Crippen LogP contribution in [0.2, 0.25) is 0 Å². The molecular weight excluding hydrogens is 547 g/mol. The van der Waals surface area contributed by atoms with Gasteiger partial charge >= 0.3 is 0 Å². The molecule has 0 aliphatic rings. The Hall–Kier alpha value is -4.87. The van der Waals surface area contributed by atoms with Gasteiger partial charge in [0.05, 0.1) is 40.3 Å². The van der Waals surface area contributed by atoms with Crippen molar-refractivity contribution in [3.05, 3.63) is 72.9 Å². The summed E-state index contributed by atoms with van der Waals surface area (Å²) in [5, 5.41) is 21.7. The Morgan fingerprint density at radius 2 is 1.88 bits per heavy atom. The summed E-state index contributed by atoms with van der Waals surface area (Å²) in [4.78, 5) is 19.2. The molecule has 0 aliphatic carbocycles. The number of nitrogens with one attached hydrogen (secondary N) is 3. The van der Waals surface area contributed by atoms with Crippen molar-refractivity contribution in [2.45, 2.75) is 20.1 Å². The first-order valence-corrected chi connectivity index (χ1v) is 14.1. The average Bonchev–Trinajstić information content (AvgIpc) is 3.60. The minimum atomic E-state index is -0.694. The minimum Gasteiger partial charge on any atom is -0.492 e. The molecule has 4 N–H and O–H groups in total. The van der Waals surface area contributed by atoms with Crippen molar-refractivity contribution >= 4 is 27.6 Å². The smallest absolute Gasteiger partial charge is 0.159 e. The van der Waals surface area contributed by atoms with Crippen LogP contribution in [0.1, 0.15) is 13.8 Å². The number of hydrogen-bond donors (Lipinski definition) is 4. The van der Waals surface area contributed by atoms with Gasteiger partial charge in [-0.3, -0.25) is 15.1 Å². The van der Waals surface area contributed by atoms with E-state index in [4.69, 9.17) is 9.72 Å². The highest BCUT2D eigenvalue weighted by Crippen LogP contribution is 2.34. The molecule has 2 aromatic carbocycles. The third-order valence-electron chi connectivity index (χ3n) is 7.15. The number of pyridine rings is 2. The van der Waals surface area contributed by atoms with E-state index in [0.717, 1.165) is 34.1 Å². The first-order valence-electron chi connectivity index (χ1n) is 14.1. The Morgan fingerprint density at radius 3 is 2.70 bits per heavy atom. The number of imidazole rings is 1. The Bertz CT molecular complexity index is 1900. The van der Waals surface area contributed by atoms with Crippen LogP contribution in [-0.4, -0.2) is 73.6 Å². The van der Waals surface area contributed by atoms with Gasteiger partial charge in [-0.1, -0.05) is 26.0 Å². The zero-order valence-electron chi connectivity index (χ0n) is 24.4. The fourth-order valence-electron chi connectivity index (χ4n) is 4.78. The first-order chi connectivity index (χ1) is 20.7. The molecule has 6 aromatic rings. The largest absolute Gasteiger partial charge is 0.492 e. The van der Waals surface area contributed by atoms with Gasteiger partial charge in [0.1, 0.15) is 30.1 Å². The number of para-hydroxylation sites is 1. The van der Waals surface area contributed by atoms with Crippen molar-refractivity contribution in [2.24, 2.45) is 5.92 Å². The molecule has 1 atom stereocenters. The summed E-state index contributed by atoms with van der Waals surface area (Å²) in [6.07, 6.45) is 4.43. The van der Waals surface area contributed by atoms with Gasteiger partial charge in [-0.15, -0.1) is 0 Å². The Labute approximate surface area is 248 Å². The lowest BCUT2D eigenvalue weighted by molar-refractivity contribution is 0.153. The van der Waals surface area contributed by atoms with Crippen LogP contribution in [0, 0.1) is 11.7 Å². The summed E-state index contributed by atoms with van der Waals surface area (Å²) in [6.45, 7) is 5.04. The molecule has 0 saturated heterocycles. The number of ether oxygens (including phenoxy) is 1. The lowest BCUT2D eigenvalue weighted by Gasteiger charge is -2.17. The number of aliphatic hydroxyl groups is 1. The molecule has 0 bridgehead atoms. The van der Waals surface area contributed by atoms with Gasteiger partial charge in [0.15, 0.2) is 5.82 Å². The first kappa shape index (κ1) is 28.3. The number of aromatic amines is 2. The van der Waals surface area contributed by atoms with E-state index in [9.17, 15) is 9.50 Å². The number of fused-ring (bicyclic) bond motifs is 2. The maximum Gasteiger partial charge on any atom is 0.159 e. The highest BCUT2D eigenvalue weighted by atomic mass is 19.1. The lowest BCUT2D eigenvalue weighted by Crippen LogP contribution is -2.24.